The maximum Gasteiger partial charge on any atom is 0.251 e. The third kappa shape index (κ3) is 1.67. The lowest BCUT2D eigenvalue weighted by Crippen LogP contribution is -2.15. The Labute approximate surface area is 79.7 Å². The fourth-order valence-electron chi connectivity index (χ4n) is 0.752. The van der Waals surface area contributed by atoms with E-state index in [0.717, 1.165) is 0 Å². The van der Waals surface area contributed by atoms with Crippen molar-refractivity contribution in [1.29, 1.82) is 0 Å². The molecule has 13 heavy (non-hydrogen) atoms. The fraction of sp³-hybridized carbons (Fsp3) is 0. The lowest BCUT2D eigenvalue weighted by Gasteiger charge is -2.02. The number of nitrogens with two attached hydrogens (primary N) is 1. The molecule has 70 valence electrons. The summed E-state index contributed by atoms with van der Waals surface area (Å²) >= 11 is 2.47. The Morgan fingerprint density at radius 1 is 1.31 bits per heavy atom. The van der Waals surface area contributed by atoms with Crippen molar-refractivity contribution in [3.05, 3.63) is 33.6 Å². The van der Waals surface area contributed by atoms with Crippen LogP contribution in [0.25, 0.3) is 0 Å². The number of hydrogen-bond acceptors (Lipinski definition) is 1. The molecule has 0 fully saturated rings. The Bertz CT molecular complexity index is 380. The highest BCUT2D eigenvalue weighted by molar-refractivity contribution is 9.10. The van der Waals surface area contributed by atoms with Crippen molar-refractivity contribution in [2.45, 2.75) is 0 Å². The quantitative estimate of drug-likeness (QED) is 0.604. The van der Waals surface area contributed by atoms with Crippen molar-refractivity contribution in [2.75, 3.05) is 0 Å². The molecule has 0 aliphatic rings. The van der Waals surface area contributed by atoms with Gasteiger partial charge in [-0.2, -0.15) is 0 Å². The predicted molar refractivity (Wildman–Crippen MR) is 42.5 cm³/mol. The first-order chi connectivity index (χ1) is 5.95. The summed E-state index contributed by atoms with van der Waals surface area (Å²) in [5, 5.41) is 0. The van der Waals surface area contributed by atoms with Crippen LogP contribution in [-0.2, 0) is 0 Å². The van der Waals surface area contributed by atoms with Crippen LogP contribution in [0.4, 0.5) is 13.2 Å². The van der Waals surface area contributed by atoms with Crippen molar-refractivity contribution in [2.24, 2.45) is 5.73 Å². The summed E-state index contributed by atoms with van der Waals surface area (Å²) in [6.45, 7) is 0. The number of benzene rings is 1. The maximum atomic E-state index is 12.8. The summed E-state index contributed by atoms with van der Waals surface area (Å²) in [6.07, 6.45) is 0. The van der Waals surface area contributed by atoms with Gasteiger partial charge < -0.3 is 5.73 Å². The highest BCUT2D eigenvalue weighted by Gasteiger charge is 2.19. The van der Waals surface area contributed by atoms with Gasteiger partial charge in [-0.25, -0.2) is 13.2 Å². The van der Waals surface area contributed by atoms with Crippen LogP contribution in [0.1, 0.15) is 10.4 Å². The molecule has 0 saturated heterocycles. The maximum absolute atomic E-state index is 12.8. The van der Waals surface area contributed by atoms with Crippen molar-refractivity contribution in [3.8, 4) is 0 Å². The third-order valence-corrected chi connectivity index (χ3v) is 2.09. The van der Waals surface area contributed by atoms with Gasteiger partial charge in [0.2, 0.25) is 0 Å². The monoisotopic (exact) mass is 253 g/mol. The van der Waals surface area contributed by atoms with E-state index in [-0.39, 0.29) is 0 Å². The molecule has 0 aliphatic carbocycles. The summed E-state index contributed by atoms with van der Waals surface area (Å²) < 4.78 is 37.6. The SMILES string of the molecule is NC(=O)c1cc(F)c(Br)c(F)c1F. The van der Waals surface area contributed by atoms with Gasteiger partial charge in [0, 0.05) is 0 Å². The molecule has 0 atom stereocenters. The van der Waals surface area contributed by atoms with Crippen molar-refractivity contribution < 1.29 is 18.0 Å². The molecule has 0 aromatic heterocycles. The molecule has 1 aromatic rings. The van der Waals surface area contributed by atoms with Crippen LogP contribution in [0.5, 0.6) is 0 Å². The second-order valence-electron chi connectivity index (χ2n) is 2.21. The van der Waals surface area contributed by atoms with Gasteiger partial charge in [0.05, 0.1) is 10.0 Å². The minimum absolute atomic E-state index is 0.533. The summed E-state index contributed by atoms with van der Waals surface area (Å²) in [7, 11) is 0. The van der Waals surface area contributed by atoms with Gasteiger partial charge in [0.25, 0.3) is 5.91 Å². The smallest absolute Gasteiger partial charge is 0.251 e. The fourth-order valence-corrected chi connectivity index (χ4v) is 1.04. The molecular formula is C7H3BrF3NO. The number of hydrogen-bond donors (Lipinski definition) is 1. The van der Waals surface area contributed by atoms with Crippen molar-refractivity contribution >= 4 is 21.8 Å². The van der Waals surface area contributed by atoms with Gasteiger partial charge >= 0.3 is 0 Å². The average molecular weight is 254 g/mol. The van der Waals surface area contributed by atoms with E-state index in [1.54, 1.807) is 0 Å². The second kappa shape index (κ2) is 3.37. The molecule has 0 radical (unpaired) electrons. The number of halogens is 4. The number of carbonyl (C=O) groups is 1. The second-order valence-corrected chi connectivity index (χ2v) is 3.01. The zero-order valence-electron chi connectivity index (χ0n) is 6.07. The molecule has 1 amide bonds. The van der Waals surface area contributed by atoms with Crippen LogP contribution in [0.3, 0.4) is 0 Å². The first-order valence-corrected chi connectivity index (χ1v) is 3.87. The van der Waals surface area contributed by atoms with E-state index in [1.807, 2.05) is 0 Å². The van der Waals surface area contributed by atoms with Gasteiger partial charge in [-0.1, -0.05) is 0 Å². The molecule has 0 heterocycles. The minimum atomic E-state index is -1.46. The van der Waals surface area contributed by atoms with Crippen LogP contribution in [0, 0.1) is 17.5 Å². The Balaban J connectivity index is 3.50. The zero-order valence-corrected chi connectivity index (χ0v) is 7.66. The molecule has 1 rings (SSSR count). The largest absolute Gasteiger partial charge is 0.366 e. The normalized spacial score (nSPS) is 10.2. The Morgan fingerprint density at radius 3 is 2.31 bits per heavy atom. The van der Waals surface area contributed by atoms with Crippen LogP contribution < -0.4 is 5.73 Å². The molecule has 2 N–H and O–H groups in total. The summed E-state index contributed by atoms with van der Waals surface area (Å²) in [4.78, 5) is 10.5. The summed E-state index contributed by atoms with van der Waals surface area (Å²) in [5.74, 6) is -5.22. The van der Waals surface area contributed by atoms with Gasteiger partial charge in [-0.3, -0.25) is 4.79 Å². The first-order valence-electron chi connectivity index (χ1n) is 3.08. The van der Waals surface area contributed by atoms with Crippen LogP contribution in [-0.4, -0.2) is 5.91 Å². The highest BCUT2D eigenvalue weighted by atomic mass is 79.9. The lowest BCUT2D eigenvalue weighted by atomic mass is 10.2. The van der Waals surface area contributed by atoms with E-state index in [9.17, 15) is 18.0 Å². The summed E-state index contributed by atoms with van der Waals surface area (Å²) in [5.41, 5.74) is 3.87. The Kier molecular flexibility index (Phi) is 2.60. The molecule has 2 nitrogen and oxygen atoms in total. The minimum Gasteiger partial charge on any atom is -0.366 e. The van der Waals surface area contributed by atoms with E-state index in [2.05, 4.69) is 21.7 Å². The molecule has 0 unspecified atom stereocenters. The van der Waals surface area contributed by atoms with Crippen LogP contribution in [0.15, 0.2) is 10.5 Å². The van der Waals surface area contributed by atoms with E-state index in [4.69, 9.17) is 0 Å². The van der Waals surface area contributed by atoms with Gasteiger partial charge in [0.15, 0.2) is 11.6 Å². The average Bonchev–Trinajstić information content (AvgIpc) is 2.07. The third-order valence-electron chi connectivity index (χ3n) is 1.37. The molecular weight excluding hydrogens is 251 g/mol. The molecule has 6 heteroatoms. The Morgan fingerprint density at radius 2 is 1.85 bits per heavy atom. The number of carbonyl (C=O) groups excluding carboxylic acids is 1. The first kappa shape index (κ1) is 10.0. The molecule has 0 saturated carbocycles. The molecule has 0 aliphatic heterocycles. The van der Waals surface area contributed by atoms with Crippen molar-refractivity contribution in [1.82, 2.24) is 0 Å². The van der Waals surface area contributed by atoms with E-state index >= 15 is 0 Å². The topological polar surface area (TPSA) is 43.1 Å². The van der Waals surface area contributed by atoms with Crippen molar-refractivity contribution in [3.63, 3.8) is 0 Å². The standard InChI is InChI=1S/C7H3BrF3NO/c8-4-3(9)1-2(7(12)13)5(10)6(4)11/h1H,(H2,12,13). The molecule has 0 spiro atoms. The van der Waals surface area contributed by atoms with Crippen LogP contribution in [0.2, 0.25) is 0 Å². The number of primary amides is 1. The van der Waals surface area contributed by atoms with E-state index in [0.29, 0.717) is 6.07 Å². The molecule has 0 bridgehead atoms. The number of rotatable bonds is 1. The molecule has 1 aromatic carbocycles. The van der Waals surface area contributed by atoms with Gasteiger partial charge in [0.1, 0.15) is 5.82 Å². The van der Waals surface area contributed by atoms with Crippen LogP contribution >= 0.6 is 15.9 Å². The highest BCUT2D eigenvalue weighted by Crippen LogP contribution is 2.24. The number of amides is 1. The van der Waals surface area contributed by atoms with E-state index < -0.39 is 33.4 Å². The van der Waals surface area contributed by atoms with Gasteiger partial charge in [-0.05, 0) is 22.0 Å². The van der Waals surface area contributed by atoms with Gasteiger partial charge in [-0.15, -0.1) is 0 Å². The lowest BCUT2D eigenvalue weighted by molar-refractivity contribution is 0.0995. The zero-order chi connectivity index (χ0) is 10.2. The van der Waals surface area contributed by atoms with E-state index in [1.165, 1.54) is 0 Å². The predicted octanol–water partition coefficient (Wildman–Crippen LogP) is 1.97. The Hall–Kier alpha value is -1.04. The summed E-state index contributed by atoms with van der Waals surface area (Å²) in [6, 6.07) is 0.533.